The quantitative estimate of drug-likeness (QED) is 0.330. The van der Waals surface area contributed by atoms with E-state index in [1.807, 2.05) is 19.2 Å². The van der Waals surface area contributed by atoms with Crippen molar-refractivity contribution >= 4 is 14.1 Å². The molecule has 0 heterocycles. The molecule has 0 saturated carbocycles. The summed E-state index contributed by atoms with van der Waals surface area (Å²) in [4.78, 5) is 4.43. The lowest BCUT2D eigenvalue weighted by atomic mass is 9.80. The largest absolute Gasteiger partial charge is 0.296 e. The highest BCUT2D eigenvalue weighted by atomic mass is 14.8. The Balaban J connectivity index is 4.11. The molecular weight excluding hydrogens is 133 g/mol. The van der Waals surface area contributed by atoms with Crippen LogP contribution in [0.3, 0.4) is 0 Å². The third-order valence-electron chi connectivity index (χ3n) is 1.28. The minimum Gasteiger partial charge on any atom is -0.296 e. The smallest absolute Gasteiger partial charge is 0.142 e. The highest BCUT2D eigenvalue weighted by Crippen LogP contribution is 2.06. The predicted octanol–water partition coefficient (Wildman–Crippen LogP) is 1.64. The molecule has 0 radical (unpaired) electrons. The highest BCUT2D eigenvalue weighted by molar-refractivity contribution is 6.17. The third-order valence-corrected chi connectivity index (χ3v) is 1.28. The van der Waals surface area contributed by atoms with Crippen molar-refractivity contribution in [2.75, 3.05) is 0 Å². The summed E-state index contributed by atoms with van der Waals surface area (Å²) in [7, 11) is 2.10. The first-order valence-corrected chi connectivity index (χ1v) is 4.17. The topological polar surface area (TPSA) is 12.4 Å². The highest BCUT2D eigenvalue weighted by Gasteiger charge is 2.08. The first-order valence-electron chi connectivity index (χ1n) is 4.17. The second-order valence-electron chi connectivity index (χ2n) is 3.68. The Hall–Kier alpha value is -0.525. The minimum absolute atomic E-state index is 0.0288. The van der Waals surface area contributed by atoms with Crippen molar-refractivity contribution in [1.29, 1.82) is 0 Å². The molecule has 1 nitrogen and oxygen atoms in total. The first kappa shape index (κ1) is 10.5. The van der Waals surface area contributed by atoms with Crippen molar-refractivity contribution in [1.82, 2.24) is 0 Å². The molecule has 0 aliphatic heterocycles. The fraction of sp³-hybridized carbons (Fsp3) is 0.667. The van der Waals surface area contributed by atoms with Gasteiger partial charge in [-0.1, -0.05) is 26.0 Å². The lowest BCUT2D eigenvalue weighted by molar-refractivity contribution is 0.806. The van der Waals surface area contributed by atoms with Crippen LogP contribution in [0.5, 0.6) is 0 Å². The van der Waals surface area contributed by atoms with Crippen molar-refractivity contribution < 1.29 is 0 Å². The molecule has 0 aliphatic rings. The predicted molar refractivity (Wildman–Crippen MR) is 55.1 cm³/mol. The fourth-order valence-electron chi connectivity index (χ4n) is 0.792. The lowest BCUT2D eigenvalue weighted by Gasteiger charge is -2.14. The van der Waals surface area contributed by atoms with Gasteiger partial charge in [-0.3, -0.25) is 4.99 Å². The van der Waals surface area contributed by atoms with Gasteiger partial charge in [0, 0.05) is 11.7 Å². The normalized spacial score (nSPS) is 18.3. The van der Waals surface area contributed by atoms with Crippen molar-refractivity contribution in [2.24, 2.45) is 10.9 Å². The molecule has 2 heteroatoms. The van der Waals surface area contributed by atoms with E-state index in [4.69, 9.17) is 0 Å². The van der Waals surface area contributed by atoms with Gasteiger partial charge in [0.25, 0.3) is 0 Å². The van der Waals surface area contributed by atoms with Gasteiger partial charge in [0.05, 0.1) is 0 Å². The van der Waals surface area contributed by atoms with E-state index >= 15 is 0 Å². The number of nitrogens with zero attached hydrogens (tertiary/aromatic N) is 1. The molecule has 0 saturated heterocycles. The van der Waals surface area contributed by atoms with Crippen LogP contribution in [0.2, 0.25) is 0 Å². The molecule has 0 N–H and O–H groups in total. The molecule has 11 heavy (non-hydrogen) atoms. The van der Waals surface area contributed by atoms with Crippen LogP contribution >= 0.6 is 0 Å². The van der Waals surface area contributed by atoms with E-state index < -0.39 is 0 Å². The van der Waals surface area contributed by atoms with Gasteiger partial charge in [0.15, 0.2) is 0 Å². The Morgan fingerprint density at radius 2 is 2.00 bits per heavy atom. The number of allylic oxidation sites excluding steroid dienone is 1. The Kier molecular flexibility index (Phi) is 4.16. The summed E-state index contributed by atoms with van der Waals surface area (Å²) < 4.78 is 0. The van der Waals surface area contributed by atoms with Crippen LogP contribution in [-0.4, -0.2) is 19.5 Å². The Labute approximate surface area is 71.0 Å². The number of hydrogen-bond donors (Lipinski definition) is 0. The van der Waals surface area contributed by atoms with Gasteiger partial charge in [0.1, 0.15) is 7.85 Å². The summed E-state index contributed by atoms with van der Waals surface area (Å²) >= 11 is 0. The number of rotatable bonds is 3. The summed E-state index contributed by atoms with van der Waals surface area (Å²) in [6, 6.07) is 0. The van der Waals surface area contributed by atoms with E-state index in [2.05, 4.69) is 39.7 Å². The van der Waals surface area contributed by atoms with Crippen LogP contribution in [0.25, 0.3) is 0 Å². The summed E-state index contributed by atoms with van der Waals surface area (Å²) in [6.07, 6.45) is 6.14. The van der Waals surface area contributed by atoms with E-state index in [-0.39, 0.29) is 5.44 Å². The number of hydrogen-bond acceptors (Lipinski definition) is 1. The SMILES string of the molecule is BC(C)(C=CC)/N=C/C(C)C. The van der Waals surface area contributed by atoms with Crippen molar-refractivity contribution in [2.45, 2.75) is 33.1 Å². The van der Waals surface area contributed by atoms with Gasteiger partial charge >= 0.3 is 0 Å². The molecule has 0 spiro atoms. The summed E-state index contributed by atoms with van der Waals surface area (Å²) in [5.74, 6) is 0.541. The summed E-state index contributed by atoms with van der Waals surface area (Å²) in [6.45, 7) is 8.39. The summed E-state index contributed by atoms with van der Waals surface area (Å²) in [5, 5.41) is 0. The zero-order valence-electron chi connectivity index (χ0n) is 8.26. The standard InChI is InChI=1S/C9H18BN/c1-5-6-9(4,10)11-7-8(2)3/h5-8H,10H2,1-4H3/b6-5?,11-7+. The van der Waals surface area contributed by atoms with Gasteiger partial charge in [-0.15, -0.1) is 0 Å². The molecule has 0 fully saturated rings. The lowest BCUT2D eigenvalue weighted by Crippen LogP contribution is -2.18. The zero-order chi connectivity index (χ0) is 8.91. The molecule has 0 bridgehead atoms. The van der Waals surface area contributed by atoms with Crippen LogP contribution in [0.4, 0.5) is 0 Å². The number of aliphatic imine (C=N–C) groups is 1. The van der Waals surface area contributed by atoms with Gasteiger partial charge in [-0.05, 0) is 19.8 Å². The van der Waals surface area contributed by atoms with Crippen LogP contribution < -0.4 is 0 Å². The van der Waals surface area contributed by atoms with Gasteiger partial charge in [-0.2, -0.15) is 0 Å². The van der Waals surface area contributed by atoms with Crippen molar-refractivity contribution in [3.05, 3.63) is 12.2 Å². The average Bonchev–Trinajstić information content (AvgIpc) is 1.84. The van der Waals surface area contributed by atoms with Crippen molar-refractivity contribution in [3.63, 3.8) is 0 Å². The molecule has 0 aromatic heterocycles. The fourth-order valence-corrected chi connectivity index (χ4v) is 0.792. The Morgan fingerprint density at radius 1 is 1.45 bits per heavy atom. The van der Waals surface area contributed by atoms with E-state index in [9.17, 15) is 0 Å². The second-order valence-corrected chi connectivity index (χ2v) is 3.68. The summed E-state index contributed by atoms with van der Waals surface area (Å²) in [5.41, 5.74) is -0.0288. The molecule has 62 valence electrons. The van der Waals surface area contributed by atoms with Gasteiger partial charge < -0.3 is 0 Å². The van der Waals surface area contributed by atoms with E-state index in [0.717, 1.165) is 0 Å². The Morgan fingerprint density at radius 3 is 2.36 bits per heavy atom. The maximum absolute atomic E-state index is 4.43. The molecule has 1 atom stereocenters. The molecule has 0 aromatic rings. The van der Waals surface area contributed by atoms with E-state index in [0.29, 0.717) is 5.92 Å². The third kappa shape index (κ3) is 5.90. The van der Waals surface area contributed by atoms with Gasteiger partial charge in [0.2, 0.25) is 0 Å². The van der Waals surface area contributed by atoms with E-state index in [1.54, 1.807) is 0 Å². The van der Waals surface area contributed by atoms with E-state index in [1.165, 1.54) is 0 Å². The van der Waals surface area contributed by atoms with Crippen LogP contribution in [-0.2, 0) is 0 Å². The monoisotopic (exact) mass is 151 g/mol. The Bertz CT molecular complexity index is 157. The second kappa shape index (κ2) is 4.37. The molecule has 0 amide bonds. The molecule has 0 aliphatic carbocycles. The molecule has 1 unspecified atom stereocenters. The molecule has 0 rings (SSSR count). The van der Waals surface area contributed by atoms with Crippen LogP contribution in [0, 0.1) is 5.92 Å². The maximum Gasteiger partial charge on any atom is 0.142 e. The molecule has 0 aromatic carbocycles. The van der Waals surface area contributed by atoms with Crippen LogP contribution in [0.15, 0.2) is 17.1 Å². The first-order chi connectivity index (χ1) is 4.98. The maximum atomic E-state index is 4.43. The zero-order valence-corrected chi connectivity index (χ0v) is 8.26. The van der Waals surface area contributed by atoms with Crippen molar-refractivity contribution in [3.8, 4) is 0 Å². The van der Waals surface area contributed by atoms with Crippen LogP contribution in [0.1, 0.15) is 27.7 Å². The average molecular weight is 151 g/mol. The minimum atomic E-state index is -0.0288. The van der Waals surface area contributed by atoms with Gasteiger partial charge in [-0.25, -0.2) is 0 Å². The molecular formula is C9H18BN.